The Kier molecular flexibility index (Phi) is 7.20. The maximum Gasteiger partial charge on any atom is 0.573 e. The standard InChI is InChI=1S/C19H16Cl2F4N2O5S/c1-33(29,30)26-18(28)12-7-13(20)15(22)8-17(12)31-9-11-4-5-27(11)10-2-3-16(14(21)6-10)32-19(23,24)25/h2-3,6-8,11H,4-5,9H2,1H3,(H,26,28)/t11-/m1/s1. The Bertz CT molecular complexity index is 1180. The van der Waals surface area contributed by atoms with Gasteiger partial charge in [0.1, 0.15) is 23.9 Å². The van der Waals surface area contributed by atoms with E-state index in [1.54, 1.807) is 9.62 Å². The molecular formula is C19H16Cl2F4N2O5S. The predicted molar refractivity (Wildman–Crippen MR) is 113 cm³/mol. The summed E-state index contributed by atoms with van der Waals surface area (Å²) in [6.45, 7) is 0.499. The summed E-state index contributed by atoms with van der Waals surface area (Å²) in [6, 6.07) is 5.32. The summed E-state index contributed by atoms with van der Waals surface area (Å²) in [6.07, 6.45) is -3.48. The molecule has 14 heteroatoms. The van der Waals surface area contributed by atoms with Gasteiger partial charge in [-0.2, -0.15) is 0 Å². The molecule has 0 spiro atoms. The number of benzene rings is 2. The summed E-state index contributed by atoms with van der Waals surface area (Å²) < 4.78 is 85.1. The number of sulfonamides is 1. The summed E-state index contributed by atoms with van der Waals surface area (Å²) in [7, 11) is -3.89. The van der Waals surface area contributed by atoms with Crippen LogP contribution in [0, 0.1) is 5.82 Å². The fourth-order valence-electron chi connectivity index (χ4n) is 3.06. The number of hydrogen-bond donors (Lipinski definition) is 1. The Morgan fingerprint density at radius 2 is 1.88 bits per heavy atom. The van der Waals surface area contributed by atoms with Crippen LogP contribution in [0.25, 0.3) is 0 Å². The lowest BCUT2D eigenvalue weighted by atomic mass is 10.0. The molecule has 180 valence electrons. The third kappa shape index (κ3) is 6.55. The van der Waals surface area contributed by atoms with E-state index in [9.17, 15) is 30.8 Å². The minimum atomic E-state index is -4.88. The van der Waals surface area contributed by atoms with Gasteiger partial charge >= 0.3 is 6.36 Å². The third-order valence-corrected chi connectivity index (χ3v) is 5.73. The van der Waals surface area contributed by atoms with E-state index < -0.39 is 38.9 Å². The molecule has 1 amide bonds. The Morgan fingerprint density at radius 3 is 2.42 bits per heavy atom. The molecule has 0 aromatic heterocycles. The topological polar surface area (TPSA) is 84.9 Å². The molecule has 1 saturated heterocycles. The van der Waals surface area contributed by atoms with Crippen molar-refractivity contribution in [1.29, 1.82) is 0 Å². The SMILES string of the molecule is CS(=O)(=O)NC(=O)c1cc(Cl)c(F)cc1OC[C@H]1CCN1c1ccc(OC(F)(F)F)c(Cl)c1. The van der Waals surface area contributed by atoms with Gasteiger partial charge in [0, 0.05) is 18.3 Å². The molecule has 0 bridgehead atoms. The van der Waals surface area contributed by atoms with E-state index >= 15 is 0 Å². The lowest BCUT2D eigenvalue weighted by Gasteiger charge is -2.42. The molecule has 0 saturated carbocycles. The van der Waals surface area contributed by atoms with Crippen molar-refractivity contribution >= 4 is 44.8 Å². The van der Waals surface area contributed by atoms with E-state index in [0.717, 1.165) is 24.5 Å². The molecule has 1 aliphatic rings. The number of anilines is 1. The number of carbonyl (C=O) groups is 1. The maximum absolute atomic E-state index is 13.9. The van der Waals surface area contributed by atoms with Crippen molar-refractivity contribution in [1.82, 2.24) is 4.72 Å². The van der Waals surface area contributed by atoms with Gasteiger partial charge in [0.05, 0.1) is 27.9 Å². The lowest BCUT2D eigenvalue weighted by molar-refractivity contribution is -0.274. The number of alkyl halides is 3. The first-order chi connectivity index (χ1) is 15.2. The smallest absolute Gasteiger partial charge is 0.490 e. The Balaban J connectivity index is 1.74. The third-order valence-electron chi connectivity index (χ3n) is 4.59. The number of halogens is 6. The monoisotopic (exact) mass is 530 g/mol. The maximum atomic E-state index is 13.9. The molecule has 0 radical (unpaired) electrons. The van der Waals surface area contributed by atoms with Gasteiger partial charge in [-0.25, -0.2) is 17.5 Å². The highest BCUT2D eigenvalue weighted by atomic mass is 35.5. The molecule has 0 aliphatic carbocycles. The number of hydrogen-bond acceptors (Lipinski definition) is 6. The zero-order valence-corrected chi connectivity index (χ0v) is 19.1. The summed E-state index contributed by atoms with van der Waals surface area (Å²) in [4.78, 5) is 14.0. The van der Waals surface area contributed by atoms with Crippen molar-refractivity contribution in [2.75, 3.05) is 24.3 Å². The van der Waals surface area contributed by atoms with E-state index in [2.05, 4.69) is 4.74 Å². The highest BCUT2D eigenvalue weighted by Crippen LogP contribution is 2.36. The van der Waals surface area contributed by atoms with Crippen LogP contribution in [0.2, 0.25) is 10.0 Å². The van der Waals surface area contributed by atoms with Gasteiger partial charge in [0.25, 0.3) is 5.91 Å². The zero-order valence-electron chi connectivity index (χ0n) is 16.7. The molecular weight excluding hydrogens is 515 g/mol. The van der Waals surface area contributed by atoms with Crippen molar-refractivity contribution in [3.05, 3.63) is 51.8 Å². The molecule has 0 unspecified atom stereocenters. The Hall–Kier alpha value is -2.44. The van der Waals surface area contributed by atoms with Crippen LogP contribution in [-0.2, 0) is 10.0 Å². The van der Waals surface area contributed by atoms with Gasteiger partial charge in [-0.15, -0.1) is 13.2 Å². The van der Waals surface area contributed by atoms with E-state index in [-0.39, 0.29) is 29.0 Å². The van der Waals surface area contributed by atoms with E-state index in [4.69, 9.17) is 27.9 Å². The summed E-state index contributed by atoms with van der Waals surface area (Å²) in [5.74, 6) is -2.69. The number of nitrogens with one attached hydrogen (secondary N) is 1. The first kappa shape index (κ1) is 25.2. The molecule has 7 nitrogen and oxygen atoms in total. The molecule has 1 fully saturated rings. The second kappa shape index (κ2) is 9.43. The Morgan fingerprint density at radius 1 is 1.18 bits per heavy atom. The number of rotatable bonds is 7. The number of amides is 1. The summed E-state index contributed by atoms with van der Waals surface area (Å²) in [5, 5.41) is -0.641. The summed E-state index contributed by atoms with van der Waals surface area (Å²) >= 11 is 11.6. The van der Waals surface area contributed by atoms with Crippen molar-refractivity contribution in [2.45, 2.75) is 18.8 Å². The average Bonchev–Trinajstić information content (AvgIpc) is 2.63. The largest absolute Gasteiger partial charge is 0.573 e. The van der Waals surface area contributed by atoms with Crippen LogP contribution in [0.4, 0.5) is 23.2 Å². The first-order valence-corrected chi connectivity index (χ1v) is 11.8. The van der Waals surface area contributed by atoms with Gasteiger partial charge in [-0.05, 0) is 30.7 Å². The molecule has 3 rings (SSSR count). The predicted octanol–water partition coefficient (Wildman–Crippen LogP) is 4.38. The average molecular weight is 531 g/mol. The van der Waals surface area contributed by atoms with Crippen LogP contribution in [0.3, 0.4) is 0 Å². The molecule has 33 heavy (non-hydrogen) atoms. The van der Waals surface area contributed by atoms with E-state index in [1.807, 2.05) is 0 Å². The van der Waals surface area contributed by atoms with E-state index in [1.165, 1.54) is 12.1 Å². The second-order valence-corrected chi connectivity index (χ2v) is 9.64. The fourth-order valence-corrected chi connectivity index (χ4v) is 3.89. The molecule has 1 aliphatic heterocycles. The minimum absolute atomic E-state index is 0.0430. The minimum Gasteiger partial charge on any atom is -0.490 e. The fraction of sp³-hybridized carbons (Fsp3) is 0.316. The van der Waals surface area contributed by atoms with Crippen LogP contribution in [-0.4, -0.2) is 46.1 Å². The first-order valence-electron chi connectivity index (χ1n) is 9.19. The van der Waals surface area contributed by atoms with Gasteiger partial charge in [0.15, 0.2) is 0 Å². The second-order valence-electron chi connectivity index (χ2n) is 7.08. The molecule has 1 atom stereocenters. The van der Waals surface area contributed by atoms with Gasteiger partial charge < -0.3 is 14.4 Å². The quantitative estimate of drug-likeness (QED) is 0.535. The van der Waals surface area contributed by atoms with Crippen LogP contribution < -0.4 is 19.1 Å². The van der Waals surface area contributed by atoms with Crippen LogP contribution >= 0.6 is 23.2 Å². The van der Waals surface area contributed by atoms with Gasteiger partial charge in [-0.1, -0.05) is 23.2 Å². The van der Waals surface area contributed by atoms with Crippen LogP contribution in [0.1, 0.15) is 16.8 Å². The van der Waals surface area contributed by atoms with E-state index in [0.29, 0.717) is 18.7 Å². The van der Waals surface area contributed by atoms with Crippen molar-refractivity contribution in [2.24, 2.45) is 0 Å². The molecule has 1 heterocycles. The van der Waals surface area contributed by atoms with Crippen molar-refractivity contribution < 1.29 is 40.2 Å². The Labute approximate surface area is 196 Å². The number of carbonyl (C=O) groups excluding carboxylic acids is 1. The highest BCUT2D eigenvalue weighted by Gasteiger charge is 2.33. The van der Waals surface area contributed by atoms with Crippen LogP contribution in [0.5, 0.6) is 11.5 Å². The molecule has 2 aromatic rings. The van der Waals surface area contributed by atoms with Gasteiger partial charge in [0.2, 0.25) is 10.0 Å². The normalized spacial score (nSPS) is 16.2. The van der Waals surface area contributed by atoms with Crippen LogP contribution in [0.15, 0.2) is 30.3 Å². The lowest BCUT2D eigenvalue weighted by Crippen LogP contribution is -2.51. The molecule has 1 N–H and O–H groups in total. The zero-order chi connectivity index (χ0) is 24.6. The van der Waals surface area contributed by atoms with Crippen molar-refractivity contribution in [3.63, 3.8) is 0 Å². The van der Waals surface area contributed by atoms with Gasteiger partial charge in [-0.3, -0.25) is 4.79 Å². The molecule has 2 aromatic carbocycles. The number of ether oxygens (including phenoxy) is 2. The summed E-state index contributed by atoms with van der Waals surface area (Å²) in [5.41, 5.74) is 0.223. The number of nitrogens with zero attached hydrogens (tertiary/aromatic N) is 1. The highest BCUT2D eigenvalue weighted by molar-refractivity contribution is 7.89. The van der Waals surface area contributed by atoms with Crippen molar-refractivity contribution in [3.8, 4) is 11.5 Å².